The van der Waals surface area contributed by atoms with Crippen LogP contribution in [0.15, 0.2) is 36.7 Å². The third-order valence-electron chi connectivity index (χ3n) is 2.37. The van der Waals surface area contributed by atoms with Gasteiger partial charge in [0.25, 0.3) is 0 Å². The molecule has 2 aromatic rings. The van der Waals surface area contributed by atoms with E-state index in [1.807, 2.05) is 12.1 Å². The Labute approximate surface area is 88.5 Å². The molecule has 4 heteroatoms. The lowest BCUT2D eigenvalue weighted by atomic mass is 10.1. The maximum absolute atomic E-state index is 5.52. The predicted molar refractivity (Wildman–Crippen MR) is 58.9 cm³/mol. The topological polar surface area (TPSA) is 66.7 Å². The third-order valence-corrected chi connectivity index (χ3v) is 2.37. The fourth-order valence-corrected chi connectivity index (χ4v) is 1.53. The number of nitrogens with one attached hydrogen (secondary N) is 2. The van der Waals surface area contributed by atoms with Crippen LogP contribution in [0.4, 0.5) is 0 Å². The highest BCUT2D eigenvalue weighted by molar-refractivity contribution is 5.27. The summed E-state index contributed by atoms with van der Waals surface area (Å²) in [6, 6.07) is 8.12. The predicted octanol–water partition coefficient (Wildman–Crippen LogP) is 1.27. The Kier molecular flexibility index (Phi) is 2.80. The maximum Gasteiger partial charge on any atom is 0.129 e. The summed E-state index contributed by atoms with van der Waals surface area (Å²) in [5, 5.41) is 0. The van der Waals surface area contributed by atoms with Crippen LogP contribution in [0.1, 0.15) is 23.0 Å². The Bertz CT molecular complexity index is 405. The number of nitrogens with two attached hydrogens (primary N) is 1. The molecular weight excluding hydrogens is 188 g/mol. The Hall–Kier alpha value is -1.65. The summed E-state index contributed by atoms with van der Waals surface area (Å²) in [5.41, 5.74) is 5.07. The highest BCUT2D eigenvalue weighted by Gasteiger charge is 2.13. The van der Waals surface area contributed by atoms with Crippen LogP contribution in [0.25, 0.3) is 0 Å². The summed E-state index contributed by atoms with van der Waals surface area (Å²) in [6.45, 7) is 2.06. The molecule has 0 aliphatic heterocycles. The van der Waals surface area contributed by atoms with E-state index in [1.165, 1.54) is 5.56 Å². The molecule has 1 aromatic heterocycles. The van der Waals surface area contributed by atoms with Gasteiger partial charge in [-0.25, -0.2) is 10.4 Å². The average molecular weight is 202 g/mol. The molecule has 1 aromatic carbocycles. The molecule has 1 heterocycles. The van der Waals surface area contributed by atoms with Gasteiger partial charge in [-0.15, -0.1) is 0 Å². The van der Waals surface area contributed by atoms with Gasteiger partial charge in [0.1, 0.15) is 11.9 Å². The summed E-state index contributed by atoms with van der Waals surface area (Å²) in [4.78, 5) is 7.24. The van der Waals surface area contributed by atoms with Crippen molar-refractivity contribution in [1.82, 2.24) is 15.4 Å². The van der Waals surface area contributed by atoms with Crippen LogP contribution in [0.2, 0.25) is 0 Å². The number of aromatic amines is 1. The van der Waals surface area contributed by atoms with Crippen molar-refractivity contribution < 1.29 is 0 Å². The van der Waals surface area contributed by atoms with Gasteiger partial charge >= 0.3 is 0 Å². The molecule has 78 valence electrons. The molecule has 0 bridgehead atoms. The largest absolute Gasteiger partial charge is 0.347 e. The quantitative estimate of drug-likeness (QED) is 0.518. The molecule has 0 aliphatic carbocycles. The molecular formula is C11H14N4. The van der Waals surface area contributed by atoms with Crippen molar-refractivity contribution in [1.29, 1.82) is 0 Å². The molecule has 0 saturated heterocycles. The Morgan fingerprint density at radius 2 is 2.07 bits per heavy atom. The highest BCUT2D eigenvalue weighted by atomic mass is 15.2. The minimum atomic E-state index is -0.0828. The van der Waals surface area contributed by atoms with Gasteiger partial charge in [-0.05, 0) is 12.5 Å². The first-order valence-electron chi connectivity index (χ1n) is 4.83. The molecule has 0 spiro atoms. The van der Waals surface area contributed by atoms with Crippen molar-refractivity contribution in [2.45, 2.75) is 13.0 Å². The molecule has 2 rings (SSSR count). The number of aromatic nitrogens is 2. The van der Waals surface area contributed by atoms with Gasteiger partial charge < -0.3 is 4.98 Å². The minimum Gasteiger partial charge on any atom is -0.347 e. The van der Waals surface area contributed by atoms with Gasteiger partial charge in [0.2, 0.25) is 0 Å². The molecule has 0 fully saturated rings. The maximum atomic E-state index is 5.52. The molecule has 4 N–H and O–H groups in total. The molecule has 0 saturated carbocycles. The van der Waals surface area contributed by atoms with Crippen molar-refractivity contribution in [3.8, 4) is 0 Å². The van der Waals surface area contributed by atoms with Crippen LogP contribution < -0.4 is 11.3 Å². The molecule has 15 heavy (non-hydrogen) atoms. The van der Waals surface area contributed by atoms with Crippen LogP contribution in [0.5, 0.6) is 0 Å². The van der Waals surface area contributed by atoms with Crippen LogP contribution in [0.3, 0.4) is 0 Å². The number of H-pyrrole nitrogens is 1. The van der Waals surface area contributed by atoms with Crippen molar-refractivity contribution in [3.05, 3.63) is 53.6 Å². The number of benzene rings is 1. The van der Waals surface area contributed by atoms with E-state index in [-0.39, 0.29) is 6.04 Å². The zero-order valence-electron chi connectivity index (χ0n) is 8.57. The Morgan fingerprint density at radius 1 is 1.33 bits per heavy atom. The zero-order chi connectivity index (χ0) is 10.7. The number of aryl methyl sites for hydroxylation is 1. The summed E-state index contributed by atoms with van der Waals surface area (Å²) >= 11 is 0. The monoisotopic (exact) mass is 202 g/mol. The van der Waals surface area contributed by atoms with Crippen molar-refractivity contribution >= 4 is 0 Å². The van der Waals surface area contributed by atoms with E-state index in [1.54, 1.807) is 12.4 Å². The van der Waals surface area contributed by atoms with E-state index in [0.29, 0.717) is 0 Å². The molecule has 0 radical (unpaired) electrons. The number of rotatable bonds is 3. The summed E-state index contributed by atoms with van der Waals surface area (Å²) in [6.07, 6.45) is 3.50. The SMILES string of the molecule is Cc1ccc(C(NN)c2ncc[nH]2)cc1. The zero-order valence-corrected chi connectivity index (χ0v) is 8.57. The number of hydrogen-bond donors (Lipinski definition) is 3. The van der Waals surface area contributed by atoms with E-state index in [9.17, 15) is 0 Å². The summed E-state index contributed by atoms with van der Waals surface area (Å²) < 4.78 is 0. The lowest BCUT2D eigenvalue weighted by Crippen LogP contribution is -2.29. The molecule has 0 aliphatic rings. The standard InChI is InChI=1S/C11H14N4/c1-8-2-4-9(5-3-8)10(15-12)11-13-6-7-14-11/h2-7,10,15H,12H2,1H3,(H,13,14). The normalized spacial score (nSPS) is 12.7. The van der Waals surface area contributed by atoms with E-state index in [4.69, 9.17) is 5.84 Å². The van der Waals surface area contributed by atoms with Crippen molar-refractivity contribution in [2.24, 2.45) is 5.84 Å². The van der Waals surface area contributed by atoms with Gasteiger partial charge in [-0.3, -0.25) is 5.84 Å². The Morgan fingerprint density at radius 3 is 2.60 bits per heavy atom. The van der Waals surface area contributed by atoms with E-state index < -0.39 is 0 Å². The molecule has 1 atom stereocenters. The second-order valence-corrected chi connectivity index (χ2v) is 3.48. The molecule has 0 amide bonds. The van der Waals surface area contributed by atoms with Crippen molar-refractivity contribution in [3.63, 3.8) is 0 Å². The fraction of sp³-hybridized carbons (Fsp3) is 0.182. The number of hydrogen-bond acceptors (Lipinski definition) is 3. The molecule has 1 unspecified atom stereocenters. The van der Waals surface area contributed by atoms with Crippen LogP contribution in [-0.4, -0.2) is 9.97 Å². The second kappa shape index (κ2) is 4.25. The number of nitrogens with zero attached hydrogens (tertiary/aromatic N) is 1. The van der Waals surface area contributed by atoms with Crippen LogP contribution >= 0.6 is 0 Å². The second-order valence-electron chi connectivity index (χ2n) is 3.48. The average Bonchev–Trinajstić information content (AvgIpc) is 2.75. The first-order chi connectivity index (χ1) is 7.31. The lowest BCUT2D eigenvalue weighted by molar-refractivity contribution is 0.608. The number of hydrazine groups is 1. The van der Waals surface area contributed by atoms with E-state index >= 15 is 0 Å². The van der Waals surface area contributed by atoms with Crippen LogP contribution in [0, 0.1) is 6.92 Å². The van der Waals surface area contributed by atoms with Gasteiger partial charge in [-0.2, -0.15) is 0 Å². The number of imidazole rings is 1. The third kappa shape index (κ3) is 2.06. The Balaban J connectivity index is 2.31. The van der Waals surface area contributed by atoms with E-state index in [0.717, 1.165) is 11.4 Å². The smallest absolute Gasteiger partial charge is 0.129 e. The minimum absolute atomic E-state index is 0.0828. The summed E-state index contributed by atoms with van der Waals surface area (Å²) in [7, 11) is 0. The summed E-state index contributed by atoms with van der Waals surface area (Å²) in [5.74, 6) is 6.34. The lowest BCUT2D eigenvalue weighted by Gasteiger charge is -2.13. The van der Waals surface area contributed by atoms with Gasteiger partial charge in [-0.1, -0.05) is 29.8 Å². The first kappa shape index (κ1) is 9.89. The van der Waals surface area contributed by atoms with Gasteiger partial charge in [0, 0.05) is 12.4 Å². The fourth-order valence-electron chi connectivity index (χ4n) is 1.53. The van der Waals surface area contributed by atoms with Gasteiger partial charge in [0.05, 0.1) is 0 Å². The van der Waals surface area contributed by atoms with E-state index in [2.05, 4.69) is 34.5 Å². The molecule has 4 nitrogen and oxygen atoms in total. The van der Waals surface area contributed by atoms with Gasteiger partial charge in [0.15, 0.2) is 0 Å². The van der Waals surface area contributed by atoms with Crippen LogP contribution in [-0.2, 0) is 0 Å². The highest BCUT2D eigenvalue weighted by Crippen LogP contribution is 2.17. The first-order valence-corrected chi connectivity index (χ1v) is 4.83. The van der Waals surface area contributed by atoms with Crippen molar-refractivity contribution in [2.75, 3.05) is 0 Å².